The van der Waals surface area contributed by atoms with Crippen LogP contribution in [0.4, 0.5) is 34.1 Å². The van der Waals surface area contributed by atoms with Crippen LogP contribution in [-0.2, 0) is 16.2 Å². The zero-order valence-electron chi connectivity index (χ0n) is 38.3. The molecule has 0 aliphatic heterocycles. The van der Waals surface area contributed by atoms with Crippen LogP contribution < -0.4 is 9.80 Å². The lowest BCUT2D eigenvalue weighted by Crippen LogP contribution is -2.24. The zero-order chi connectivity index (χ0) is 44.7. The lowest BCUT2D eigenvalue weighted by molar-refractivity contribution is 0.600. The Kier molecular flexibility index (Phi) is 8.06. The molecule has 66 heavy (non-hydrogen) atoms. The van der Waals surface area contributed by atoms with Crippen molar-refractivity contribution in [2.75, 3.05) is 9.80 Å². The molecule has 0 N–H and O–H groups in total. The molecule has 0 atom stereocenters. The van der Waals surface area contributed by atoms with Crippen LogP contribution in [0, 0.1) is 0 Å². The van der Waals surface area contributed by atoms with Crippen molar-refractivity contribution >= 4 is 56.1 Å². The molecule has 0 radical (unpaired) electrons. The van der Waals surface area contributed by atoms with Crippen molar-refractivity contribution in [3.8, 4) is 33.4 Å². The Labute approximate surface area is 387 Å². The standard InChI is InChI=1S/C63H50N2O/c1-61(2)50-28-18-16-26-45(50)46-33-30-43(36-51(46)61)65(41-24-14-9-15-25-41)44-32-35-48-53(38-44)63(5,6)59-57(48)60-56(49-27-17-19-29-54(49)66-60)55-47-34-31-42(37-52(47)62(3,4)58(55)59)64(39-20-10-7-11-21-39)40-22-12-8-13-23-40/h7-38H,1-6H3. The molecule has 9 aromatic carbocycles. The van der Waals surface area contributed by atoms with Gasteiger partial charge in [-0.25, -0.2) is 0 Å². The number of nitrogens with zero attached hydrogens (tertiary/aromatic N) is 2. The van der Waals surface area contributed by atoms with Crippen molar-refractivity contribution in [3.05, 3.63) is 228 Å². The number of fused-ring (bicyclic) bond motifs is 15. The van der Waals surface area contributed by atoms with Crippen molar-refractivity contribution in [2.24, 2.45) is 0 Å². The van der Waals surface area contributed by atoms with Crippen molar-refractivity contribution in [1.29, 1.82) is 0 Å². The van der Waals surface area contributed by atoms with Crippen LogP contribution in [0.3, 0.4) is 0 Å². The fourth-order valence-electron chi connectivity index (χ4n) is 12.3. The van der Waals surface area contributed by atoms with E-state index in [9.17, 15) is 0 Å². The lowest BCUT2D eigenvalue weighted by atomic mass is 9.72. The summed E-state index contributed by atoms with van der Waals surface area (Å²) in [5, 5.41) is 2.37. The minimum atomic E-state index is -0.357. The van der Waals surface area contributed by atoms with Gasteiger partial charge in [0.1, 0.15) is 11.2 Å². The summed E-state index contributed by atoms with van der Waals surface area (Å²) in [7, 11) is 0. The molecule has 0 spiro atoms. The molecule has 3 aliphatic rings. The second-order valence-corrected chi connectivity index (χ2v) is 20.1. The molecule has 1 heterocycles. The molecule has 318 valence electrons. The Morgan fingerprint density at radius 3 is 1.30 bits per heavy atom. The fourth-order valence-corrected chi connectivity index (χ4v) is 12.3. The van der Waals surface area contributed by atoms with E-state index in [1.54, 1.807) is 0 Å². The van der Waals surface area contributed by atoms with Gasteiger partial charge in [0.05, 0.1) is 0 Å². The molecule has 0 saturated carbocycles. The molecular formula is C63H50N2O. The zero-order valence-corrected chi connectivity index (χ0v) is 38.3. The maximum Gasteiger partial charge on any atom is 0.144 e. The molecule has 13 rings (SSSR count). The number of rotatable bonds is 6. The second kappa shape index (κ2) is 13.7. The van der Waals surface area contributed by atoms with E-state index >= 15 is 0 Å². The summed E-state index contributed by atoms with van der Waals surface area (Å²) in [6.07, 6.45) is 0. The van der Waals surface area contributed by atoms with Gasteiger partial charge in [0.25, 0.3) is 0 Å². The normalized spacial score (nSPS) is 15.2. The van der Waals surface area contributed by atoms with E-state index in [1.165, 1.54) is 72.1 Å². The van der Waals surface area contributed by atoms with E-state index < -0.39 is 0 Å². The van der Waals surface area contributed by atoms with Crippen LogP contribution in [0.25, 0.3) is 55.3 Å². The first-order valence-electron chi connectivity index (χ1n) is 23.4. The van der Waals surface area contributed by atoms with Gasteiger partial charge in [-0.1, -0.05) is 157 Å². The lowest BCUT2D eigenvalue weighted by Gasteiger charge is -2.32. The van der Waals surface area contributed by atoms with E-state index in [4.69, 9.17) is 4.42 Å². The third-order valence-corrected chi connectivity index (χ3v) is 15.3. The number of benzene rings is 9. The van der Waals surface area contributed by atoms with Gasteiger partial charge in [0.2, 0.25) is 0 Å². The number of hydrogen-bond acceptors (Lipinski definition) is 3. The van der Waals surface area contributed by atoms with Crippen molar-refractivity contribution in [1.82, 2.24) is 0 Å². The quantitative estimate of drug-likeness (QED) is 0.166. The minimum absolute atomic E-state index is 0.114. The average molecular weight is 851 g/mol. The average Bonchev–Trinajstić information content (AvgIpc) is 3.99. The summed E-state index contributed by atoms with van der Waals surface area (Å²) in [5.74, 6) is 0. The molecule has 0 amide bonds. The first-order valence-corrected chi connectivity index (χ1v) is 23.4. The summed E-state index contributed by atoms with van der Waals surface area (Å²) in [6.45, 7) is 14.5. The minimum Gasteiger partial charge on any atom is -0.455 e. The maximum atomic E-state index is 7.12. The first kappa shape index (κ1) is 38.8. The molecule has 3 heteroatoms. The summed E-state index contributed by atoms with van der Waals surface area (Å²) in [5.41, 5.74) is 23.8. The Morgan fingerprint density at radius 2 is 0.742 bits per heavy atom. The van der Waals surface area contributed by atoms with E-state index in [-0.39, 0.29) is 16.2 Å². The molecule has 0 bridgehead atoms. The van der Waals surface area contributed by atoms with Crippen molar-refractivity contribution in [3.63, 3.8) is 0 Å². The monoisotopic (exact) mass is 850 g/mol. The van der Waals surface area contributed by atoms with Gasteiger partial charge in [-0.05, 0) is 140 Å². The van der Waals surface area contributed by atoms with Crippen molar-refractivity contribution < 1.29 is 4.42 Å². The molecule has 0 fully saturated rings. The molecule has 3 aliphatic carbocycles. The largest absolute Gasteiger partial charge is 0.455 e. The maximum absolute atomic E-state index is 7.12. The summed E-state index contributed by atoms with van der Waals surface area (Å²) >= 11 is 0. The van der Waals surface area contributed by atoms with Crippen molar-refractivity contribution in [2.45, 2.75) is 57.8 Å². The predicted molar refractivity (Wildman–Crippen MR) is 276 cm³/mol. The SMILES string of the molecule is CC1(C)c2ccccc2-c2ccc(N(c3ccccc3)c3ccc4c(c3)C(C)(C)c3c5c(c6c(oc7ccccc76)c3-4)-c3ccc(N(c4ccccc4)c4ccccc4)cc3C5(C)C)cc21. The topological polar surface area (TPSA) is 19.6 Å². The van der Waals surface area contributed by atoms with E-state index in [0.717, 1.165) is 50.7 Å². The molecule has 0 saturated heterocycles. The van der Waals surface area contributed by atoms with E-state index in [2.05, 4.69) is 245 Å². The number of hydrogen-bond donors (Lipinski definition) is 0. The summed E-state index contributed by atoms with van der Waals surface area (Å²) in [4.78, 5) is 4.83. The third kappa shape index (κ3) is 5.26. The van der Waals surface area contributed by atoms with Gasteiger partial charge in [-0.3, -0.25) is 0 Å². The van der Waals surface area contributed by atoms with E-state index in [1.807, 2.05) is 0 Å². The molecule has 1 aromatic heterocycles. The predicted octanol–water partition coefficient (Wildman–Crippen LogP) is 17.4. The van der Waals surface area contributed by atoms with Crippen LogP contribution in [0.15, 0.2) is 199 Å². The molecule has 10 aromatic rings. The molecular weight excluding hydrogens is 801 g/mol. The second-order valence-electron chi connectivity index (χ2n) is 20.1. The van der Waals surface area contributed by atoms with Crippen LogP contribution in [0.2, 0.25) is 0 Å². The van der Waals surface area contributed by atoms with Gasteiger partial charge in [0.15, 0.2) is 0 Å². The highest BCUT2D eigenvalue weighted by Gasteiger charge is 2.49. The van der Waals surface area contributed by atoms with Gasteiger partial charge in [-0.15, -0.1) is 0 Å². The summed E-state index contributed by atoms with van der Waals surface area (Å²) < 4.78 is 7.12. The Hall–Kier alpha value is -7.62. The highest BCUT2D eigenvalue weighted by Crippen LogP contribution is 2.64. The number of furan rings is 1. The fraction of sp³-hybridized carbons (Fsp3) is 0.143. The van der Waals surface area contributed by atoms with Gasteiger partial charge in [0, 0.05) is 66.7 Å². The van der Waals surface area contributed by atoms with Gasteiger partial charge in [-0.2, -0.15) is 0 Å². The highest BCUT2D eigenvalue weighted by molar-refractivity contribution is 6.21. The highest BCUT2D eigenvalue weighted by atomic mass is 16.3. The number of para-hydroxylation sites is 4. The van der Waals surface area contributed by atoms with Crippen LogP contribution >= 0.6 is 0 Å². The first-order chi connectivity index (χ1) is 32.0. The van der Waals surface area contributed by atoms with E-state index in [0.29, 0.717) is 0 Å². The summed E-state index contributed by atoms with van der Waals surface area (Å²) in [6, 6.07) is 71.3. The van der Waals surface area contributed by atoms with Crippen LogP contribution in [0.5, 0.6) is 0 Å². The number of anilines is 6. The van der Waals surface area contributed by atoms with Gasteiger partial charge < -0.3 is 14.2 Å². The Bertz CT molecular complexity index is 3580. The molecule has 3 nitrogen and oxygen atoms in total. The molecule has 0 unspecified atom stereocenters. The smallest absolute Gasteiger partial charge is 0.144 e. The van der Waals surface area contributed by atoms with Crippen LogP contribution in [-0.4, -0.2) is 0 Å². The Balaban J connectivity index is 1.02. The Morgan fingerprint density at radius 1 is 0.333 bits per heavy atom. The third-order valence-electron chi connectivity index (χ3n) is 15.3. The van der Waals surface area contributed by atoms with Gasteiger partial charge >= 0.3 is 0 Å². The van der Waals surface area contributed by atoms with Crippen LogP contribution in [0.1, 0.15) is 74.9 Å².